The van der Waals surface area contributed by atoms with Gasteiger partial charge in [0.1, 0.15) is 0 Å². The molecule has 1 aliphatic carbocycles. The third-order valence-corrected chi connectivity index (χ3v) is 4.28. The van der Waals surface area contributed by atoms with Crippen molar-refractivity contribution in [1.82, 2.24) is 5.32 Å². The first-order valence-electron chi connectivity index (χ1n) is 6.49. The quantitative estimate of drug-likeness (QED) is 0.747. The topological polar surface area (TPSA) is 29.1 Å². The van der Waals surface area contributed by atoms with Crippen LogP contribution in [0.2, 0.25) is 0 Å². The third kappa shape index (κ3) is 4.10. The van der Waals surface area contributed by atoms with Gasteiger partial charge in [0.15, 0.2) is 0 Å². The van der Waals surface area contributed by atoms with E-state index < -0.39 is 12.1 Å². The standard InChI is InChI=1S/C14H15F3INO/c15-14(16,17)10-4-6-12(7-5-10)19-13(20)9-2-1-3-11(18)8-9/h1-3,8,10,12H,4-7H2,(H,19,20). The summed E-state index contributed by atoms with van der Waals surface area (Å²) in [6.45, 7) is 0. The number of hydrogen-bond donors (Lipinski definition) is 1. The van der Waals surface area contributed by atoms with Crippen molar-refractivity contribution in [2.75, 3.05) is 0 Å². The summed E-state index contributed by atoms with van der Waals surface area (Å²) in [6.07, 6.45) is -3.13. The summed E-state index contributed by atoms with van der Waals surface area (Å²) in [5, 5.41) is 2.82. The lowest BCUT2D eigenvalue weighted by Gasteiger charge is -2.30. The van der Waals surface area contributed by atoms with Crippen LogP contribution in [0.15, 0.2) is 24.3 Å². The smallest absolute Gasteiger partial charge is 0.349 e. The van der Waals surface area contributed by atoms with E-state index in [4.69, 9.17) is 0 Å². The van der Waals surface area contributed by atoms with E-state index in [2.05, 4.69) is 27.9 Å². The molecular formula is C14H15F3INO. The molecule has 0 unspecified atom stereocenters. The molecule has 0 aliphatic heterocycles. The van der Waals surface area contributed by atoms with E-state index in [9.17, 15) is 18.0 Å². The molecule has 1 aromatic carbocycles. The molecular weight excluding hydrogens is 382 g/mol. The SMILES string of the molecule is O=C(NC1CCC(C(F)(F)F)CC1)c1cccc(I)c1. The fourth-order valence-electron chi connectivity index (χ4n) is 2.46. The second kappa shape index (κ2) is 6.32. The zero-order chi connectivity index (χ0) is 14.8. The Hall–Kier alpha value is -0.790. The van der Waals surface area contributed by atoms with E-state index in [0.717, 1.165) is 3.57 Å². The first kappa shape index (κ1) is 15.6. The second-order valence-corrected chi connectivity index (χ2v) is 6.32. The normalized spacial score (nSPS) is 23.4. The van der Waals surface area contributed by atoms with Crippen molar-refractivity contribution >= 4 is 28.5 Å². The molecule has 2 nitrogen and oxygen atoms in total. The Morgan fingerprint density at radius 2 is 1.85 bits per heavy atom. The monoisotopic (exact) mass is 397 g/mol. The van der Waals surface area contributed by atoms with Crippen LogP contribution in [-0.4, -0.2) is 18.1 Å². The number of halogens is 4. The summed E-state index contributed by atoms with van der Waals surface area (Å²) in [4.78, 5) is 12.0. The largest absolute Gasteiger partial charge is 0.391 e. The molecule has 0 aromatic heterocycles. The highest BCUT2D eigenvalue weighted by Gasteiger charge is 2.41. The average Bonchev–Trinajstić information content (AvgIpc) is 2.38. The Morgan fingerprint density at radius 1 is 1.20 bits per heavy atom. The number of benzene rings is 1. The van der Waals surface area contributed by atoms with Gasteiger partial charge in [-0.3, -0.25) is 4.79 Å². The molecule has 1 amide bonds. The van der Waals surface area contributed by atoms with Crippen molar-refractivity contribution in [2.24, 2.45) is 5.92 Å². The van der Waals surface area contributed by atoms with Crippen LogP contribution in [-0.2, 0) is 0 Å². The van der Waals surface area contributed by atoms with E-state index in [0.29, 0.717) is 18.4 Å². The number of nitrogens with one attached hydrogen (secondary N) is 1. The van der Waals surface area contributed by atoms with Gasteiger partial charge in [-0.2, -0.15) is 13.2 Å². The van der Waals surface area contributed by atoms with Gasteiger partial charge < -0.3 is 5.32 Å². The Bertz CT molecular complexity index is 482. The number of rotatable bonds is 2. The summed E-state index contributed by atoms with van der Waals surface area (Å²) in [6, 6.07) is 6.98. The molecule has 1 saturated carbocycles. The zero-order valence-corrected chi connectivity index (χ0v) is 12.9. The Kier molecular flexibility index (Phi) is 4.93. The molecule has 0 spiro atoms. The lowest BCUT2D eigenvalue weighted by Crippen LogP contribution is -2.40. The molecule has 1 aromatic rings. The Morgan fingerprint density at radius 3 is 2.40 bits per heavy atom. The molecule has 6 heteroatoms. The van der Waals surface area contributed by atoms with Crippen LogP contribution >= 0.6 is 22.6 Å². The van der Waals surface area contributed by atoms with Crippen LogP contribution in [0.25, 0.3) is 0 Å². The van der Waals surface area contributed by atoms with E-state index in [1.165, 1.54) is 0 Å². The van der Waals surface area contributed by atoms with Crippen LogP contribution in [0.3, 0.4) is 0 Å². The van der Waals surface area contributed by atoms with Gasteiger partial charge in [0.25, 0.3) is 5.91 Å². The number of carbonyl (C=O) groups is 1. The van der Waals surface area contributed by atoms with Crippen LogP contribution in [0.1, 0.15) is 36.0 Å². The lowest BCUT2D eigenvalue weighted by atomic mass is 9.85. The zero-order valence-electron chi connectivity index (χ0n) is 10.7. The highest BCUT2D eigenvalue weighted by atomic mass is 127. The lowest BCUT2D eigenvalue weighted by molar-refractivity contribution is -0.182. The minimum absolute atomic E-state index is 0.0980. The van der Waals surface area contributed by atoms with Gasteiger partial charge in [0.05, 0.1) is 5.92 Å². The average molecular weight is 397 g/mol. The maximum atomic E-state index is 12.6. The van der Waals surface area contributed by atoms with Gasteiger partial charge in [-0.1, -0.05) is 6.07 Å². The molecule has 0 saturated heterocycles. The fourth-order valence-corrected chi connectivity index (χ4v) is 3.01. The maximum absolute atomic E-state index is 12.6. The van der Waals surface area contributed by atoms with Crippen molar-refractivity contribution in [3.8, 4) is 0 Å². The minimum Gasteiger partial charge on any atom is -0.349 e. The van der Waals surface area contributed by atoms with Gasteiger partial charge in [0, 0.05) is 15.2 Å². The van der Waals surface area contributed by atoms with E-state index in [1.54, 1.807) is 18.2 Å². The Labute approximate surface area is 129 Å². The molecule has 0 radical (unpaired) electrons. The highest BCUT2D eigenvalue weighted by molar-refractivity contribution is 14.1. The molecule has 1 aliphatic rings. The predicted molar refractivity (Wildman–Crippen MR) is 78.4 cm³/mol. The first-order chi connectivity index (χ1) is 9.36. The van der Waals surface area contributed by atoms with Crippen LogP contribution in [0.5, 0.6) is 0 Å². The van der Waals surface area contributed by atoms with E-state index in [-0.39, 0.29) is 24.8 Å². The van der Waals surface area contributed by atoms with Gasteiger partial charge in [-0.15, -0.1) is 0 Å². The van der Waals surface area contributed by atoms with Crippen molar-refractivity contribution in [1.29, 1.82) is 0 Å². The number of alkyl halides is 3. The predicted octanol–water partition coefficient (Wildman–Crippen LogP) is 4.14. The second-order valence-electron chi connectivity index (χ2n) is 5.07. The molecule has 20 heavy (non-hydrogen) atoms. The number of carbonyl (C=O) groups excluding carboxylic acids is 1. The first-order valence-corrected chi connectivity index (χ1v) is 7.57. The summed E-state index contributed by atoms with van der Waals surface area (Å²) in [7, 11) is 0. The Balaban J connectivity index is 1.88. The maximum Gasteiger partial charge on any atom is 0.391 e. The van der Waals surface area contributed by atoms with Crippen LogP contribution in [0.4, 0.5) is 13.2 Å². The third-order valence-electron chi connectivity index (χ3n) is 3.61. The summed E-state index contributed by atoms with van der Waals surface area (Å²) in [5.74, 6) is -1.42. The van der Waals surface area contributed by atoms with Gasteiger partial charge in [-0.25, -0.2) is 0 Å². The molecule has 0 bridgehead atoms. The molecule has 1 fully saturated rings. The minimum atomic E-state index is -4.11. The van der Waals surface area contributed by atoms with Crippen molar-refractivity contribution in [2.45, 2.75) is 37.9 Å². The number of amides is 1. The molecule has 0 heterocycles. The van der Waals surface area contributed by atoms with Gasteiger partial charge >= 0.3 is 6.18 Å². The molecule has 2 rings (SSSR count). The van der Waals surface area contributed by atoms with E-state index >= 15 is 0 Å². The molecule has 0 atom stereocenters. The summed E-state index contributed by atoms with van der Waals surface area (Å²) >= 11 is 2.12. The number of hydrogen-bond acceptors (Lipinski definition) is 1. The van der Waals surface area contributed by atoms with Crippen molar-refractivity contribution in [3.63, 3.8) is 0 Å². The van der Waals surface area contributed by atoms with Crippen molar-refractivity contribution in [3.05, 3.63) is 33.4 Å². The fraction of sp³-hybridized carbons (Fsp3) is 0.500. The molecule has 110 valence electrons. The van der Waals surface area contributed by atoms with Crippen LogP contribution < -0.4 is 5.32 Å². The highest BCUT2D eigenvalue weighted by Crippen LogP contribution is 2.37. The summed E-state index contributed by atoms with van der Waals surface area (Å²) < 4.78 is 38.6. The van der Waals surface area contributed by atoms with Gasteiger partial charge in [0.2, 0.25) is 0 Å². The van der Waals surface area contributed by atoms with Gasteiger partial charge in [-0.05, 0) is 66.5 Å². The molecule has 1 N–H and O–H groups in total. The van der Waals surface area contributed by atoms with E-state index in [1.807, 2.05) is 6.07 Å². The summed E-state index contributed by atoms with van der Waals surface area (Å²) in [5.41, 5.74) is 0.551. The van der Waals surface area contributed by atoms with Crippen LogP contribution in [0, 0.1) is 9.49 Å². The van der Waals surface area contributed by atoms with Crippen molar-refractivity contribution < 1.29 is 18.0 Å².